The van der Waals surface area contributed by atoms with Crippen LogP contribution in [0.5, 0.6) is 0 Å². The molecule has 14 heavy (non-hydrogen) atoms. The summed E-state index contributed by atoms with van der Waals surface area (Å²) in [6.07, 6.45) is 3.68. The molecule has 76 valence electrons. The fourth-order valence-electron chi connectivity index (χ4n) is 0.880. The standard InChI is InChI=1S/C10H13BrN2S/c1-2-5-12-6-7-14-10-4-3-9(11)8-13-10/h2-4,8,12H,1,5-7H2. The van der Waals surface area contributed by atoms with E-state index in [0.29, 0.717) is 0 Å². The van der Waals surface area contributed by atoms with Gasteiger partial charge in [0.25, 0.3) is 0 Å². The molecular weight excluding hydrogens is 260 g/mol. The third-order valence-corrected chi connectivity index (χ3v) is 2.93. The molecule has 0 spiro atoms. The van der Waals surface area contributed by atoms with Crippen molar-refractivity contribution in [3.05, 3.63) is 35.5 Å². The van der Waals surface area contributed by atoms with E-state index in [9.17, 15) is 0 Å². The van der Waals surface area contributed by atoms with Gasteiger partial charge in [0.05, 0.1) is 5.03 Å². The Morgan fingerprint density at radius 1 is 1.57 bits per heavy atom. The second kappa shape index (κ2) is 7.04. The summed E-state index contributed by atoms with van der Waals surface area (Å²) < 4.78 is 1.02. The van der Waals surface area contributed by atoms with Gasteiger partial charge in [0.2, 0.25) is 0 Å². The molecule has 1 rings (SSSR count). The Balaban J connectivity index is 2.18. The van der Waals surface area contributed by atoms with Crippen molar-refractivity contribution >= 4 is 27.7 Å². The van der Waals surface area contributed by atoms with Crippen molar-refractivity contribution < 1.29 is 0 Å². The van der Waals surface area contributed by atoms with Crippen LogP contribution in [0.4, 0.5) is 0 Å². The van der Waals surface area contributed by atoms with E-state index in [1.165, 1.54) is 0 Å². The van der Waals surface area contributed by atoms with Crippen LogP contribution in [-0.2, 0) is 0 Å². The van der Waals surface area contributed by atoms with E-state index in [0.717, 1.165) is 28.3 Å². The maximum atomic E-state index is 4.26. The Hall–Kier alpha value is -0.320. The van der Waals surface area contributed by atoms with E-state index >= 15 is 0 Å². The molecule has 0 saturated carbocycles. The van der Waals surface area contributed by atoms with Crippen LogP contribution in [0, 0.1) is 0 Å². The van der Waals surface area contributed by atoms with Gasteiger partial charge < -0.3 is 5.32 Å². The van der Waals surface area contributed by atoms with E-state index in [2.05, 4.69) is 32.8 Å². The van der Waals surface area contributed by atoms with Crippen molar-refractivity contribution in [3.63, 3.8) is 0 Å². The minimum absolute atomic E-state index is 0.869. The summed E-state index contributed by atoms with van der Waals surface area (Å²) in [6, 6.07) is 4.02. The zero-order chi connectivity index (χ0) is 10.2. The maximum absolute atomic E-state index is 4.26. The van der Waals surface area contributed by atoms with Gasteiger partial charge in [0.15, 0.2) is 0 Å². The molecule has 0 bridgehead atoms. The first-order chi connectivity index (χ1) is 6.83. The Bertz CT molecular complexity index is 274. The largest absolute Gasteiger partial charge is 0.312 e. The average Bonchev–Trinajstić information content (AvgIpc) is 2.21. The van der Waals surface area contributed by atoms with E-state index in [4.69, 9.17) is 0 Å². The van der Waals surface area contributed by atoms with Crippen molar-refractivity contribution in [1.82, 2.24) is 10.3 Å². The van der Waals surface area contributed by atoms with Crippen molar-refractivity contribution in [2.75, 3.05) is 18.8 Å². The van der Waals surface area contributed by atoms with Gasteiger partial charge in [0.1, 0.15) is 0 Å². The molecule has 1 aromatic rings. The number of aromatic nitrogens is 1. The Morgan fingerprint density at radius 3 is 3.07 bits per heavy atom. The van der Waals surface area contributed by atoms with Crippen molar-refractivity contribution in [3.8, 4) is 0 Å². The third kappa shape index (κ3) is 4.79. The van der Waals surface area contributed by atoms with E-state index in [-0.39, 0.29) is 0 Å². The number of nitrogens with zero attached hydrogens (tertiary/aromatic N) is 1. The average molecular weight is 273 g/mol. The zero-order valence-electron chi connectivity index (χ0n) is 7.87. The molecule has 0 aliphatic heterocycles. The molecule has 1 aromatic heterocycles. The monoisotopic (exact) mass is 272 g/mol. The SMILES string of the molecule is C=CCNCCSc1ccc(Br)cn1. The molecule has 1 heterocycles. The van der Waals surface area contributed by atoms with Crippen LogP contribution >= 0.6 is 27.7 Å². The molecular formula is C10H13BrN2S. The summed E-state index contributed by atoms with van der Waals surface area (Å²) in [7, 11) is 0. The lowest BCUT2D eigenvalue weighted by Crippen LogP contribution is -2.16. The second-order valence-corrected chi connectivity index (χ2v) is 4.69. The van der Waals surface area contributed by atoms with Crippen LogP contribution in [0.3, 0.4) is 0 Å². The van der Waals surface area contributed by atoms with Gasteiger partial charge in [-0.15, -0.1) is 18.3 Å². The first kappa shape index (κ1) is 11.8. The Kier molecular flexibility index (Phi) is 5.91. The molecule has 0 aromatic carbocycles. The molecule has 2 nitrogen and oxygen atoms in total. The Labute approximate surface area is 97.3 Å². The van der Waals surface area contributed by atoms with Crippen LogP contribution < -0.4 is 5.32 Å². The summed E-state index contributed by atoms with van der Waals surface area (Å²) >= 11 is 5.10. The van der Waals surface area contributed by atoms with Crippen molar-refractivity contribution in [1.29, 1.82) is 0 Å². The number of nitrogens with one attached hydrogen (secondary N) is 1. The number of hydrogen-bond donors (Lipinski definition) is 1. The predicted octanol–water partition coefficient (Wildman–Crippen LogP) is 2.71. The molecule has 0 saturated heterocycles. The highest BCUT2D eigenvalue weighted by Crippen LogP contribution is 2.16. The lowest BCUT2D eigenvalue weighted by Gasteiger charge is -2.01. The molecule has 1 N–H and O–H groups in total. The lowest BCUT2D eigenvalue weighted by molar-refractivity contribution is 0.806. The van der Waals surface area contributed by atoms with Gasteiger partial charge in [-0.25, -0.2) is 4.98 Å². The summed E-state index contributed by atoms with van der Waals surface area (Å²) in [6.45, 7) is 5.49. The molecule has 0 radical (unpaired) electrons. The molecule has 0 amide bonds. The smallest absolute Gasteiger partial charge is 0.0961 e. The molecule has 0 aliphatic carbocycles. The quantitative estimate of drug-likeness (QED) is 0.490. The maximum Gasteiger partial charge on any atom is 0.0961 e. The minimum atomic E-state index is 0.869. The summed E-state index contributed by atoms with van der Waals surface area (Å²) in [5, 5.41) is 4.30. The molecule has 0 atom stereocenters. The van der Waals surface area contributed by atoms with E-state index in [1.54, 1.807) is 11.8 Å². The van der Waals surface area contributed by atoms with Gasteiger partial charge in [-0.1, -0.05) is 6.08 Å². The fourth-order valence-corrected chi connectivity index (χ4v) is 1.86. The second-order valence-electron chi connectivity index (χ2n) is 2.66. The minimum Gasteiger partial charge on any atom is -0.312 e. The number of hydrogen-bond acceptors (Lipinski definition) is 3. The summed E-state index contributed by atoms with van der Waals surface area (Å²) in [4.78, 5) is 4.26. The van der Waals surface area contributed by atoms with Crippen LogP contribution in [0.2, 0.25) is 0 Å². The normalized spacial score (nSPS) is 10.1. The highest BCUT2D eigenvalue weighted by Gasteiger charge is 1.94. The van der Waals surface area contributed by atoms with Gasteiger partial charge in [-0.05, 0) is 28.1 Å². The van der Waals surface area contributed by atoms with E-state index in [1.807, 2.05) is 24.4 Å². The molecule has 0 unspecified atom stereocenters. The number of thioether (sulfide) groups is 1. The molecule has 4 heteroatoms. The molecule has 0 aliphatic rings. The first-order valence-corrected chi connectivity index (χ1v) is 6.17. The van der Waals surface area contributed by atoms with Gasteiger partial charge >= 0.3 is 0 Å². The Morgan fingerprint density at radius 2 is 2.43 bits per heavy atom. The van der Waals surface area contributed by atoms with Crippen molar-refractivity contribution in [2.24, 2.45) is 0 Å². The lowest BCUT2D eigenvalue weighted by atomic mass is 10.5. The highest BCUT2D eigenvalue weighted by molar-refractivity contribution is 9.10. The van der Waals surface area contributed by atoms with Crippen LogP contribution in [0.1, 0.15) is 0 Å². The van der Waals surface area contributed by atoms with Gasteiger partial charge in [-0.2, -0.15) is 0 Å². The topological polar surface area (TPSA) is 24.9 Å². The summed E-state index contributed by atoms with van der Waals surface area (Å²) in [5.41, 5.74) is 0. The first-order valence-electron chi connectivity index (χ1n) is 4.39. The highest BCUT2D eigenvalue weighted by atomic mass is 79.9. The number of rotatable bonds is 6. The van der Waals surface area contributed by atoms with E-state index < -0.39 is 0 Å². The van der Waals surface area contributed by atoms with Gasteiger partial charge in [0, 0.05) is 29.5 Å². The third-order valence-electron chi connectivity index (χ3n) is 1.52. The number of pyridine rings is 1. The molecule has 0 fully saturated rings. The van der Waals surface area contributed by atoms with Crippen molar-refractivity contribution in [2.45, 2.75) is 5.03 Å². The predicted molar refractivity (Wildman–Crippen MR) is 65.7 cm³/mol. The van der Waals surface area contributed by atoms with Crippen LogP contribution in [-0.4, -0.2) is 23.8 Å². The van der Waals surface area contributed by atoms with Crippen LogP contribution in [0.25, 0.3) is 0 Å². The fraction of sp³-hybridized carbons (Fsp3) is 0.300. The summed E-state index contributed by atoms with van der Waals surface area (Å²) in [5.74, 6) is 1.03. The zero-order valence-corrected chi connectivity index (χ0v) is 10.3. The van der Waals surface area contributed by atoms with Crippen LogP contribution in [0.15, 0.2) is 40.5 Å². The number of halogens is 1. The van der Waals surface area contributed by atoms with Gasteiger partial charge in [-0.3, -0.25) is 0 Å².